The molecule has 0 aliphatic carbocycles. The summed E-state index contributed by atoms with van der Waals surface area (Å²) >= 11 is 6.04. The Bertz CT molecular complexity index is 1450. The van der Waals surface area contributed by atoms with Gasteiger partial charge in [0, 0.05) is 22.2 Å². The highest BCUT2D eigenvalue weighted by Gasteiger charge is 2.47. The standard InChI is InChI=1S/C25H18ClNO6/c1-13-6-8-19(32-13)22-21(23(28)20-11-14-10-15(26)7-9-18(14)33-20)24(29)25(30)27(22)16-4-3-5-17(12-16)31-2/h3-12,22,29H,1-2H3. The van der Waals surface area contributed by atoms with E-state index in [4.69, 9.17) is 25.2 Å². The minimum atomic E-state index is -0.998. The molecule has 1 aliphatic heterocycles. The molecule has 3 heterocycles. The molecule has 0 radical (unpaired) electrons. The third-order valence-corrected chi connectivity index (χ3v) is 5.75. The monoisotopic (exact) mass is 463 g/mol. The lowest BCUT2D eigenvalue weighted by atomic mass is 9.99. The molecule has 0 bridgehead atoms. The molecule has 2 aromatic carbocycles. The third-order valence-electron chi connectivity index (χ3n) is 5.52. The average Bonchev–Trinajstić information content (AvgIpc) is 3.49. The number of anilines is 1. The second-order valence-corrected chi connectivity index (χ2v) is 8.05. The van der Waals surface area contributed by atoms with E-state index in [1.165, 1.54) is 18.1 Å². The van der Waals surface area contributed by atoms with Crippen LogP contribution in [0.2, 0.25) is 5.02 Å². The number of amides is 1. The highest BCUT2D eigenvalue weighted by Crippen LogP contribution is 2.43. The van der Waals surface area contributed by atoms with Crippen molar-refractivity contribution in [2.24, 2.45) is 0 Å². The van der Waals surface area contributed by atoms with Gasteiger partial charge in [0.1, 0.15) is 28.9 Å². The number of rotatable bonds is 5. The quantitative estimate of drug-likeness (QED) is 0.377. The summed E-state index contributed by atoms with van der Waals surface area (Å²) in [5.74, 6) is -0.608. The zero-order valence-electron chi connectivity index (χ0n) is 17.7. The molecule has 1 atom stereocenters. The first kappa shape index (κ1) is 20.9. The Hall–Kier alpha value is -3.97. The lowest BCUT2D eigenvalue weighted by Gasteiger charge is -2.25. The van der Waals surface area contributed by atoms with Crippen LogP contribution in [0.1, 0.15) is 28.1 Å². The van der Waals surface area contributed by atoms with Crippen LogP contribution in [-0.2, 0) is 4.79 Å². The SMILES string of the molecule is COc1cccc(N2C(=O)C(O)=C(C(=O)c3cc4cc(Cl)ccc4o3)C2c2ccc(C)o2)c1. The molecule has 4 aromatic rings. The van der Waals surface area contributed by atoms with Gasteiger partial charge >= 0.3 is 0 Å². The highest BCUT2D eigenvalue weighted by molar-refractivity contribution is 6.31. The van der Waals surface area contributed by atoms with Crippen molar-refractivity contribution in [2.75, 3.05) is 12.0 Å². The molecule has 5 rings (SSSR count). The smallest absolute Gasteiger partial charge is 0.294 e. The maximum Gasteiger partial charge on any atom is 0.294 e. The first-order chi connectivity index (χ1) is 15.9. The van der Waals surface area contributed by atoms with Gasteiger partial charge in [0.05, 0.1) is 12.7 Å². The Labute approximate surface area is 193 Å². The second kappa shape index (κ2) is 7.86. The first-order valence-corrected chi connectivity index (χ1v) is 10.5. The number of aryl methyl sites for hydroxylation is 1. The third kappa shape index (κ3) is 3.47. The minimum Gasteiger partial charge on any atom is -0.503 e. The molecule has 0 fully saturated rings. The number of benzene rings is 2. The number of ketones is 1. The molecule has 1 amide bonds. The first-order valence-electron chi connectivity index (χ1n) is 10.1. The lowest BCUT2D eigenvalue weighted by molar-refractivity contribution is -0.117. The van der Waals surface area contributed by atoms with E-state index in [1.54, 1.807) is 61.5 Å². The number of hydrogen-bond donors (Lipinski definition) is 1. The van der Waals surface area contributed by atoms with E-state index in [0.29, 0.717) is 38.9 Å². The van der Waals surface area contributed by atoms with Crippen molar-refractivity contribution in [3.05, 3.63) is 94.3 Å². The van der Waals surface area contributed by atoms with Crippen LogP contribution in [-0.4, -0.2) is 23.9 Å². The Kier molecular flexibility index (Phi) is 4.98. The summed E-state index contributed by atoms with van der Waals surface area (Å²) < 4.78 is 16.8. The van der Waals surface area contributed by atoms with Crippen molar-refractivity contribution in [1.29, 1.82) is 0 Å². The molecule has 0 spiro atoms. The predicted octanol–water partition coefficient (Wildman–Crippen LogP) is 5.78. The molecule has 0 saturated heterocycles. The van der Waals surface area contributed by atoms with Gasteiger partial charge in [-0.05, 0) is 55.5 Å². The molecule has 166 valence electrons. The van der Waals surface area contributed by atoms with E-state index in [1.807, 2.05) is 0 Å². The maximum atomic E-state index is 13.6. The van der Waals surface area contributed by atoms with E-state index in [9.17, 15) is 14.7 Å². The number of halogens is 1. The van der Waals surface area contributed by atoms with Crippen LogP contribution < -0.4 is 9.64 Å². The number of methoxy groups -OCH3 is 1. The van der Waals surface area contributed by atoms with Gasteiger partial charge in [0.15, 0.2) is 11.5 Å². The average molecular weight is 464 g/mol. The fourth-order valence-electron chi connectivity index (χ4n) is 3.99. The van der Waals surface area contributed by atoms with Gasteiger partial charge in [-0.1, -0.05) is 17.7 Å². The molecule has 8 heteroatoms. The fraction of sp³-hybridized carbons (Fsp3) is 0.120. The topological polar surface area (TPSA) is 93.1 Å². The summed E-state index contributed by atoms with van der Waals surface area (Å²) in [5.41, 5.74) is 0.758. The second-order valence-electron chi connectivity index (χ2n) is 7.61. The summed E-state index contributed by atoms with van der Waals surface area (Å²) in [4.78, 5) is 28.1. The van der Waals surface area contributed by atoms with Crippen molar-refractivity contribution in [1.82, 2.24) is 0 Å². The number of hydrogen-bond acceptors (Lipinski definition) is 6. The van der Waals surface area contributed by atoms with Crippen molar-refractivity contribution >= 4 is 39.9 Å². The van der Waals surface area contributed by atoms with E-state index in [0.717, 1.165) is 0 Å². The minimum absolute atomic E-state index is 0.0256. The van der Waals surface area contributed by atoms with Crippen LogP contribution in [0.5, 0.6) is 5.75 Å². The fourth-order valence-corrected chi connectivity index (χ4v) is 4.17. The Morgan fingerprint density at radius 3 is 2.64 bits per heavy atom. The highest BCUT2D eigenvalue weighted by atomic mass is 35.5. The summed E-state index contributed by atoms with van der Waals surface area (Å²) in [7, 11) is 1.51. The molecule has 1 unspecified atom stereocenters. The number of furan rings is 2. The van der Waals surface area contributed by atoms with Gasteiger partial charge in [-0.15, -0.1) is 0 Å². The molecule has 1 aliphatic rings. The Morgan fingerprint density at radius 2 is 1.91 bits per heavy atom. The van der Waals surface area contributed by atoms with Gasteiger partial charge < -0.3 is 18.7 Å². The molecule has 0 saturated carbocycles. The van der Waals surface area contributed by atoms with E-state index in [-0.39, 0.29) is 11.3 Å². The zero-order valence-corrected chi connectivity index (χ0v) is 18.4. The van der Waals surface area contributed by atoms with Gasteiger partial charge in [0.25, 0.3) is 5.91 Å². The number of carbonyl (C=O) groups is 2. The van der Waals surface area contributed by atoms with Crippen LogP contribution in [0.15, 0.2) is 80.8 Å². The summed E-state index contributed by atoms with van der Waals surface area (Å²) in [5, 5.41) is 12.0. The zero-order chi connectivity index (χ0) is 23.3. The summed E-state index contributed by atoms with van der Waals surface area (Å²) in [6.07, 6.45) is 0. The van der Waals surface area contributed by atoms with Crippen LogP contribution in [0.4, 0.5) is 5.69 Å². The van der Waals surface area contributed by atoms with Crippen molar-refractivity contribution < 1.29 is 28.3 Å². The molecule has 1 N–H and O–H groups in total. The number of aliphatic hydroxyl groups is 1. The largest absolute Gasteiger partial charge is 0.503 e. The van der Waals surface area contributed by atoms with Crippen molar-refractivity contribution in [2.45, 2.75) is 13.0 Å². The Morgan fingerprint density at radius 1 is 1.09 bits per heavy atom. The lowest BCUT2D eigenvalue weighted by Crippen LogP contribution is -2.30. The molecule has 2 aromatic heterocycles. The van der Waals surface area contributed by atoms with Gasteiger partial charge in [0.2, 0.25) is 5.78 Å². The normalized spacial score (nSPS) is 16.2. The number of fused-ring (bicyclic) bond motifs is 1. The van der Waals surface area contributed by atoms with Crippen molar-refractivity contribution in [3.8, 4) is 5.75 Å². The molecule has 33 heavy (non-hydrogen) atoms. The molecular formula is C25H18ClNO6. The van der Waals surface area contributed by atoms with Gasteiger partial charge in [-0.3, -0.25) is 14.5 Å². The van der Waals surface area contributed by atoms with Crippen LogP contribution >= 0.6 is 11.6 Å². The number of nitrogens with zero attached hydrogens (tertiary/aromatic N) is 1. The number of aliphatic hydroxyl groups excluding tert-OH is 1. The van der Waals surface area contributed by atoms with E-state index in [2.05, 4.69) is 0 Å². The maximum absolute atomic E-state index is 13.6. The van der Waals surface area contributed by atoms with Gasteiger partial charge in [-0.25, -0.2) is 0 Å². The predicted molar refractivity (Wildman–Crippen MR) is 122 cm³/mol. The molecular weight excluding hydrogens is 446 g/mol. The Balaban J connectivity index is 1.65. The summed E-state index contributed by atoms with van der Waals surface area (Å²) in [6.45, 7) is 1.75. The summed E-state index contributed by atoms with van der Waals surface area (Å²) in [6, 6.07) is 15.7. The number of ether oxygens (including phenoxy) is 1. The van der Waals surface area contributed by atoms with Crippen LogP contribution in [0, 0.1) is 6.92 Å². The van der Waals surface area contributed by atoms with Crippen LogP contribution in [0.3, 0.4) is 0 Å². The number of Topliss-reactive ketones (excluding diaryl/α,β-unsaturated/α-hetero) is 1. The van der Waals surface area contributed by atoms with Crippen LogP contribution in [0.25, 0.3) is 11.0 Å². The van der Waals surface area contributed by atoms with E-state index < -0.39 is 23.5 Å². The number of carbonyl (C=O) groups excluding carboxylic acids is 2. The van der Waals surface area contributed by atoms with Gasteiger partial charge in [-0.2, -0.15) is 0 Å². The van der Waals surface area contributed by atoms with Crippen molar-refractivity contribution in [3.63, 3.8) is 0 Å². The molecule has 7 nitrogen and oxygen atoms in total. The van der Waals surface area contributed by atoms with E-state index >= 15 is 0 Å².